The van der Waals surface area contributed by atoms with Crippen LogP contribution >= 0.6 is 11.3 Å². The van der Waals surface area contributed by atoms with Crippen LogP contribution in [0.4, 0.5) is 4.79 Å². The molecule has 1 aromatic heterocycles. The van der Waals surface area contributed by atoms with Gasteiger partial charge < -0.3 is 15.7 Å². The predicted octanol–water partition coefficient (Wildman–Crippen LogP) is 2.16. The Hall–Kier alpha value is -1.92. The van der Waals surface area contributed by atoms with Crippen molar-refractivity contribution in [2.45, 2.75) is 32.9 Å². The Kier molecular flexibility index (Phi) is 5.91. The van der Waals surface area contributed by atoms with Gasteiger partial charge in [-0.25, -0.2) is 9.78 Å². The molecular formula is C16H21N3O2S. The summed E-state index contributed by atoms with van der Waals surface area (Å²) in [7, 11) is 0. The van der Waals surface area contributed by atoms with Crippen molar-refractivity contribution in [3.05, 3.63) is 51.5 Å². The minimum absolute atomic E-state index is 0.224. The fourth-order valence-corrected chi connectivity index (χ4v) is 3.01. The quantitative estimate of drug-likeness (QED) is 0.764. The summed E-state index contributed by atoms with van der Waals surface area (Å²) in [5.41, 5.74) is 2.00. The molecule has 2 aromatic rings. The Morgan fingerprint density at radius 1 is 1.27 bits per heavy atom. The number of rotatable bonds is 6. The summed E-state index contributed by atoms with van der Waals surface area (Å²) in [5, 5.41) is 16.4. The molecule has 1 atom stereocenters. The van der Waals surface area contributed by atoms with Crippen LogP contribution in [0.3, 0.4) is 0 Å². The second kappa shape index (κ2) is 7.91. The molecule has 1 aromatic carbocycles. The van der Waals surface area contributed by atoms with Crippen LogP contribution in [0.2, 0.25) is 0 Å². The highest BCUT2D eigenvalue weighted by atomic mass is 32.1. The summed E-state index contributed by atoms with van der Waals surface area (Å²) in [6, 6.07) is 9.43. The van der Waals surface area contributed by atoms with E-state index in [1.165, 1.54) is 0 Å². The topological polar surface area (TPSA) is 74.2 Å². The molecule has 22 heavy (non-hydrogen) atoms. The molecule has 3 N–H and O–H groups in total. The lowest BCUT2D eigenvalue weighted by Gasteiger charge is -2.12. The lowest BCUT2D eigenvalue weighted by Crippen LogP contribution is -2.39. The van der Waals surface area contributed by atoms with E-state index >= 15 is 0 Å². The largest absolute Gasteiger partial charge is 0.391 e. The van der Waals surface area contributed by atoms with Gasteiger partial charge >= 0.3 is 6.03 Å². The van der Waals surface area contributed by atoms with Crippen molar-refractivity contribution in [3.63, 3.8) is 0 Å². The highest BCUT2D eigenvalue weighted by molar-refractivity contribution is 7.11. The third-order valence-corrected chi connectivity index (χ3v) is 4.29. The van der Waals surface area contributed by atoms with Crippen LogP contribution in [0, 0.1) is 13.8 Å². The smallest absolute Gasteiger partial charge is 0.315 e. The van der Waals surface area contributed by atoms with E-state index in [1.54, 1.807) is 11.3 Å². The number of aliphatic hydroxyl groups excluding tert-OH is 1. The third-order valence-electron chi connectivity index (χ3n) is 3.22. The van der Waals surface area contributed by atoms with Gasteiger partial charge in [0.05, 0.1) is 23.4 Å². The zero-order valence-corrected chi connectivity index (χ0v) is 13.6. The van der Waals surface area contributed by atoms with Crippen molar-refractivity contribution >= 4 is 17.4 Å². The minimum Gasteiger partial charge on any atom is -0.391 e. The summed E-state index contributed by atoms with van der Waals surface area (Å²) in [6.45, 7) is 4.56. The van der Waals surface area contributed by atoms with Crippen molar-refractivity contribution in [1.82, 2.24) is 15.6 Å². The number of benzene rings is 1. The lowest BCUT2D eigenvalue weighted by atomic mass is 10.1. The molecule has 118 valence electrons. The molecule has 6 heteroatoms. The van der Waals surface area contributed by atoms with Crippen LogP contribution in [-0.2, 0) is 13.0 Å². The number of carbonyl (C=O) groups excluding carboxylic acids is 1. The number of amides is 2. The van der Waals surface area contributed by atoms with Crippen LogP contribution in [0.1, 0.15) is 21.1 Å². The first-order valence-electron chi connectivity index (χ1n) is 7.21. The highest BCUT2D eigenvalue weighted by Crippen LogP contribution is 2.16. The van der Waals surface area contributed by atoms with Gasteiger partial charge in [-0.15, -0.1) is 11.3 Å². The van der Waals surface area contributed by atoms with Gasteiger partial charge in [0.1, 0.15) is 0 Å². The number of thiazole rings is 1. The number of carbonyl (C=O) groups is 1. The Morgan fingerprint density at radius 3 is 2.64 bits per heavy atom. The first-order chi connectivity index (χ1) is 10.5. The first-order valence-corrected chi connectivity index (χ1v) is 8.03. The second-order valence-electron chi connectivity index (χ2n) is 5.15. The van der Waals surface area contributed by atoms with E-state index < -0.39 is 6.10 Å². The van der Waals surface area contributed by atoms with E-state index in [2.05, 4.69) is 15.6 Å². The molecule has 0 aliphatic heterocycles. The summed E-state index contributed by atoms with van der Waals surface area (Å²) < 4.78 is 0. The van der Waals surface area contributed by atoms with E-state index in [4.69, 9.17) is 0 Å². The first kappa shape index (κ1) is 16.5. The van der Waals surface area contributed by atoms with E-state index in [0.29, 0.717) is 13.0 Å². The van der Waals surface area contributed by atoms with Crippen molar-refractivity contribution in [1.29, 1.82) is 0 Å². The summed E-state index contributed by atoms with van der Waals surface area (Å²) in [5.74, 6) is 0. The maximum absolute atomic E-state index is 11.7. The fraction of sp³-hybridized carbons (Fsp3) is 0.375. The number of hydrogen-bond donors (Lipinski definition) is 3. The number of aliphatic hydroxyl groups is 1. The summed E-state index contributed by atoms with van der Waals surface area (Å²) in [4.78, 5) is 17.1. The van der Waals surface area contributed by atoms with E-state index in [9.17, 15) is 9.90 Å². The Balaban J connectivity index is 1.70. The SMILES string of the molecule is Cc1nc(C)c(CNC(=O)NCC(O)Cc2ccccc2)s1. The molecule has 0 aliphatic rings. The van der Waals surface area contributed by atoms with Gasteiger partial charge in [0.15, 0.2) is 0 Å². The Morgan fingerprint density at radius 2 is 2.00 bits per heavy atom. The Bertz CT molecular complexity index is 613. The number of nitrogens with zero attached hydrogens (tertiary/aromatic N) is 1. The zero-order valence-electron chi connectivity index (χ0n) is 12.8. The van der Waals surface area contributed by atoms with Gasteiger partial charge in [-0.05, 0) is 19.4 Å². The number of aromatic nitrogens is 1. The fourth-order valence-electron chi connectivity index (χ4n) is 2.13. The predicted molar refractivity (Wildman–Crippen MR) is 88.0 cm³/mol. The standard InChI is InChI=1S/C16H21N3O2S/c1-11-15(22-12(2)19-11)10-18-16(21)17-9-14(20)8-13-6-4-3-5-7-13/h3-7,14,20H,8-10H2,1-2H3,(H2,17,18,21). The average Bonchev–Trinajstić information content (AvgIpc) is 2.82. The van der Waals surface area contributed by atoms with Gasteiger partial charge in [-0.2, -0.15) is 0 Å². The second-order valence-corrected chi connectivity index (χ2v) is 6.44. The molecule has 2 amide bonds. The van der Waals surface area contributed by atoms with E-state index in [1.807, 2.05) is 44.2 Å². The molecule has 0 spiro atoms. The van der Waals surface area contributed by atoms with E-state index in [0.717, 1.165) is 21.1 Å². The summed E-state index contributed by atoms with van der Waals surface area (Å²) >= 11 is 1.58. The van der Waals surface area contributed by atoms with E-state index in [-0.39, 0.29) is 12.6 Å². The monoisotopic (exact) mass is 319 g/mol. The number of aryl methyl sites for hydroxylation is 2. The van der Waals surface area contributed by atoms with Crippen LogP contribution in [0.25, 0.3) is 0 Å². The number of nitrogens with one attached hydrogen (secondary N) is 2. The molecular weight excluding hydrogens is 298 g/mol. The molecule has 1 unspecified atom stereocenters. The molecule has 0 radical (unpaired) electrons. The maximum Gasteiger partial charge on any atom is 0.315 e. The normalized spacial score (nSPS) is 12.0. The van der Waals surface area contributed by atoms with Crippen molar-refractivity contribution in [2.75, 3.05) is 6.54 Å². The minimum atomic E-state index is -0.597. The highest BCUT2D eigenvalue weighted by Gasteiger charge is 2.09. The van der Waals surface area contributed by atoms with Crippen molar-refractivity contribution < 1.29 is 9.90 Å². The van der Waals surface area contributed by atoms with Crippen LogP contribution in [0.5, 0.6) is 0 Å². The van der Waals surface area contributed by atoms with Gasteiger partial charge in [0, 0.05) is 17.8 Å². The van der Waals surface area contributed by atoms with Gasteiger partial charge in [-0.1, -0.05) is 30.3 Å². The Labute approximate surface area is 134 Å². The number of hydrogen-bond acceptors (Lipinski definition) is 4. The van der Waals surface area contributed by atoms with Crippen LogP contribution < -0.4 is 10.6 Å². The number of urea groups is 1. The molecule has 0 bridgehead atoms. The molecule has 1 heterocycles. The van der Waals surface area contributed by atoms with Crippen LogP contribution in [0.15, 0.2) is 30.3 Å². The zero-order chi connectivity index (χ0) is 15.9. The van der Waals surface area contributed by atoms with Gasteiger partial charge in [-0.3, -0.25) is 0 Å². The van der Waals surface area contributed by atoms with Crippen molar-refractivity contribution in [3.8, 4) is 0 Å². The lowest BCUT2D eigenvalue weighted by molar-refractivity contribution is 0.170. The molecule has 0 saturated heterocycles. The van der Waals surface area contributed by atoms with Crippen molar-refractivity contribution in [2.24, 2.45) is 0 Å². The maximum atomic E-state index is 11.7. The van der Waals surface area contributed by atoms with Gasteiger partial charge in [0.25, 0.3) is 0 Å². The molecule has 0 saturated carbocycles. The summed E-state index contributed by atoms with van der Waals surface area (Å²) in [6.07, 6.45) is -0.0746. The van der Waals surface area contributed by atoms with Gasteiger partial charge in [0.2, 0.25) is 0 Å². The average molecular weight is 319 g/mol. The molecule has 5 nitrogen and oxygen atoms in total. The molecule has 0 aliphatic carbocycles. The third kappa shape index (κ3) is 5.13. The molecule has 0 fully saturated rings. The van der Waals surface area contributed by atoms with Crippen LogP contribution in [-0.4, -0.2) is 28.8 Å². The molecule has 2 rings (SSSR count).